The average molecular weight is 412 g/mol. The number of nitrogens with two attached hydrogens (primary N) is 1. The Hall–Kier alpha value is -2.05. The summed E-state index contributed by atoms with van der Waals surface area (Å²) in [4.78, 5) is 23.9. The molecule has 0 saturated heterocycles. The minimum Gasteiger partial charge on any atom is -0.452 e. The van der Waals surface area contributed by atoms with Crippen LogP contribution >= 0.6 is 27.5 Å². The van der Waals surface area contributed by atoms with E-state index < -0.39 is 18.5 Å². The summed E-state index contributed by atoms with van der Waals surface area (Å²) in [7, 11) is 0. The molecule has 1 amide bonds. The zero-order chi connectivity index (χ0) is 17.7. The van der Waals surface area contributed by atoms with Crippen LogP contribution in [0.2, 0.25) is 5.02 Å². The minimum atomic E-state index is -0.693. The van der Waals surface area contributed by atoms with Gasteiger partial charge in [0.05, 0.1) is 11.6 Å². The van der Waals surface area contributed by atoms with Crippen LogP contribution < -0.4 is 11.1 Å². The van der Waals surface area contributed by atoms with Crippen LogP contribution in [0, 0.1) is 0 Å². The van der Waals surface area contributed by atoms with E-state index in [1.54, 1.807) is 6.07 Å². The highest BCUT2D eigenvalue weighted by atomic mass is 79.9. The number of amides is 1. The maximum atomic E-state index is 12.0. The summed E-state index contributed by atoms with van der Waals surface area (Å²) in [6, 6.07) is 11.8. The van der Waals surface area contributed by atoms with Crippen molar-refractivity contribution in [2.75, 3.05) is 12.3 Å². The third-order valence-corrected chi connectivity index (χ3v) is 4.08. The van der Waals surface area contributed by atoms with Crippen LogP contribution in [-0.2, 0) is 9.53 Å². The third kappa shape index (κ3) is 4.97. The van der Waals surface area contributed by atoms with Gasteiger partial charge in [0.25, 0.3) is 5.91 Å². The molecular formula is C17H16BrClN2O3. The predicted molar refractivity (Wildman–Crippen MR) is 96.8 cm³/mol. The van der Waals surface area contributed by atoms with Crippen molar-refractivity contribution in [1.29, 1.82) is 0 Å². The fraction of sp³-hybridized carbons (Fsp3) is 0.176. The zero-order valence-electron chi connectivity index (χ0n) is 12.9. The lowest BCUT2D eigenvalue weighted by molar-refractivity contribution is -0.124. The predicted octanol–water partition coefficient (Wildman–Crippen LogP) is 3.72. The van der Waals surface area contributed by atoms with E-state index in [1.165, 1.54) is 12.1 Å². The van der Waals surface area contributed by atoms with E-state index in [0.717, 1.165) is 10.0 Å². The van der Waals surface area contributed by atoms with Gasteiger partial charge in [0, 0.05) is 15.2 Å². The van der Waals surface area contributed by atoms with Crippen molar-refractivity contribution in [2.45, 2.75) is 13.0 Å². The SMILES string of the molecule is C[C@@H](NC(=O)COC(=O)c1cc(Cl)ccc1N)c1ccc(Br)cc1. The van der Waals surface area contributed by atoms with Crippen LogP contribution in [0.15, 0.2) is 46.9 Å². The number of nitrogens with one attached hydrogen (secondary N) is 1. The first kappa shape index (κ1) is 18.3. The van der Waals surface area contributed by atoms with E-state index in [0.29, 0.717) is 5.02 Å². The van der Waals surface area contributed by atoms with Crippen LogP contribution in [0.4, 0.5) is 5.69 Å². The smallest absolute Gasteiger partial charge is 0.340 e. The van der Waals surface area contributed by atoms with Gasteiger partial charge in [0.2, 0.25) is 0 Å². The molecule has 0 unspecified atom stereocenters. The Morgan fingerprint density at radius 3 is 2.58 bits per heavy atom. The first-order valence-corrected chi connectivity index (χ1v) is 8.31. The van der Waals surface area contributed by atoms with Crippen LogP contribution in [-0.4, -0.2) is 18.5 Å². The Morgan fingerprint density at radius 1 is 1.25 bits per heavy atom. The van der Waals surface area contributed by atoms with Crippen molar-refractivity contribution in [3.05, 3.63) is 63.1 Å². The molecule has 0 aliphatic carbocycles. The highest BCUT2D eigenvalue weighted by molar-refractivity contribution is 9.10. The van der Waals surface area contributed by atoms with Gasteiger partial charge in [0.15, 0.2) is 6.61 Å². The molecule has 0 spiro atoms. The number of anilines is 1. The van der Waals surface area contributed by atoms with Crippen molar-refractivity contribution in [1.82, 2.24) is 5.32 Å². The van der Waals surface area contributed by atoms with Crippen molar-refractivity contribution in [3.63, 3.8) is 0 Å². The fourth-order valence-corrected chi connectivity index (χ4v) is 2.47. The molecule has 0 aliphatic rings. The number of rotatable bonds is 5. The van der Waals surface area contributed by atoms with Crippen LogP contribution in [0.3, 0.4) is 0 Å². The van der Waals surface area contributed by atoms with Crippen molar-refractivity contribution < 1.29 is 14.3 Å². The average Bonchev–Trinajstić information content (AvgIpc) is 2.55. The molecule has 24 heavy (non-hydrogen) atoms. The molecule has 7 heteroatoms. The van der Waals surface area contributed by atoms with Gasteiger partial charge in [-0.3, -0.25) is 4.79 Å². The Labute approximate surface area is 153 Å². The molecule has 3 N–H and O–H groups in total. The number of ether oxygens (including phenoxy) is 1. The first-order chi connectivity index (χ1) is 11.4. The summed E-state index contributed by atoms with van der Waals surface area (Å²) in [6.45, 7) is 1.45. The number of esters is 1. The summed E-state index contributed by atoms with van der Waals surface area (Å²) in [5, 5.41) is 3.12. The molecular weight excluding hydrogens is 396 g/mol. The fourth-order valence-electron chi connectivity index (χ4n) is 2.03. The number of carbonyl (C=O) groups excluding carboxylic acids is 2. The van der Waals surface area contributed by atoms with E-state index in [9.17, 15) is 9.59 Å². The highest BCUT2D eigenvalue weighted by Crippen LogP contribution is 2.19. The van der Waals surface area contributed by atoms with Crippen LogP contribution in [0.1, 0.15) is 28.9 Å². The summed E-state index contributed by atoms with van der Waals surface area (Å²) in [5.74, 6) is -1.10. The normalized spacial score (nSPS) is 11.6. The second-order valence-electron chi connectivity index (χ2n) is 5.15. The van der Waals surface area contributed by atoms with E-state index in [-0.39, 0.29) is 17.3 Å². The molecule has 2 aromatic rings. The Bertz CT molecular complexity index is 750. The van der Waals surface area contributed by atoms with Gasteiger partial charge in [-0.2, -0.15) is 0 Å². The van der Waals surface area contributed by atoms with E-state index in [4.69, 9.17) is 22.1 Å². The van der Waals surface area contributed by atoms with Crippen molar-refractivity contribution >= 4 is 45.1 Å². The molecule has 2 rings (SSSR count). The monoisotopic (exact) mass is 410 g/mol. The number of benzene rings is 2. The molecule has 5 nitrogen and oxygen atoms in total. The second kappa shape index (κ2) is 8.17. The Morgan fingerprint density at radius 2 is 1.92 bits per heavy atom. The molecule has 0 aliphatic heterocycles. The van der Waals surface area contributed by atoms with Gasteiger partial charge in [-0.15, -0.1) is 0 Å². The molecule has 0 heterocycles. The van der Waals surface area contributed by atoms with Crippen LogP contribution in [0.25, 0.3) is 0 Å². The molecule has 0 saturated carbocycles. The van der Waals surface area contributed by atoms with E-state index in [1.807, 2.05) is 31.2 Å². The molecule has 0 fully saturated rings. The third-order valence-electron chi connectivity index (χ3n) is 3.32. The maximum Gasteiger partial charge on any atom is 0.340 e. The topological polar surface area (TPSA) is 81.4 Å². The molecule has 0 aromatic heterocycles. The lowest BCUT2D eigenvalue weighted by Crippen LogP contribution is -2.31. The van der Waals surface area contributed by atoms with Crippen LogP contribution in [0.5, 0.6) is 0 Å². The summed E-state index contributed by atoms with van der Waals surface area (Å²) < 4.78 is 5.94. The van der Waals surface area contributed by atoms with Gasteiger partial charge < -0.3 is 15.8 Å². The lowest BCUT2D eigenvalue weighted by atomic mass is 10.1. The maximum absolute atomic E-state index is 12.0. The van der Waals surface area contributed by atoms with Gasteiger partial charge in [0.1, 0.15) is 0 Å². The number of halogens is 2. The lowest BCUT2D eigenvalue weighted by Gasteiger charge is -2.14. The molecule has 0 bridgehead atoms. The molecule has 2 aromatic carbocycles. The second-order valence-corrected chi connectivity index (χ2v) is 6.50. The first-order valence-electron chi connectivity index (χ1n) is 7.14. The summed E-state index contributed by atoms with van der Waals surface area (Å²) in [6.07, 6.45) is 0. The summed E-state index contributed by atoms with van der Waals surface area (Å²) >= 11 is 9.18. The quantitative estimate of drug-likeness (QED) is 0.580. The standard InChI is InChI=1S/C17H16BrClN2O3/c1-10(11-2-4-12(18)5-3-11)21-16(22)9-24-17(23)14-8-13(19)6-7-15(14)20/h2-8,10H,9,20H2,1H3,(H,21,22)/t10-/m1/s1. The Balaban J connectivity index is 1.89. The molecule has 0 radical (unpaired) electrons. The summed E-state index contributed by atoms with van der Waals surface area (Å²) in [5.41, 5.74) is 7.02. The minimum absolute atomic E-state index is 0.135. The van der Waals surface area contributed by atoms with E-state index in [2.05, 4.69) is 21.2 Å². The van der Waals surface area contributed by atoms with Crippen molar-refractivity contribution in [2.24, 2.45) is 0 Å². The van der Waals surface area contributed by atoms with Gasteiger partial charge in [-0.1, -0.05) is 39.7 Å². The van der Waals surface area contributed by atoms with Crippen molar-refractivity contribution in [3.8, 4) is 0 Å². The highest BCUT2D eigenvalue weighted by Gasteiger charge is 2.15. The van der Waals surface area contributed by atoms with Gasteiger partial charge in [-0.05, 0) is 42.8 Å². The largest absolute Gasteiger partial charge is 0.452 e. The van der Waals surface area contributed by atoms with Gasteiger partial charge >= 0.3 is 5.97 Å². The number of carbonyl (C=O) groups is 2. The zero-order valence-corrected chi connectivity index (χ0v) is 15.2. The Kier molecular flexibility index (Phi) is 6.23. The number of hydrogen-bond acceptors (Lipinski definition) is 4. The molecule has 126 valence electrons. The van der Waals surface area contributed by atoms with Gasteiger partial charge in [-0.25, -0.2) is 4.79 Å². The molecule has 1 atom stereocenters. The number of nitrogen functional groups attached to an aromatic ring is 1. The van der Waals surface area contributed by atoms with E-state index >= 15 is 0 Å². The number of hydrogen-bond donors (Lipinski definition) is 2.